The maximum absolute atomic E-state index is 12.6. The highest BCUT2D eigenvalue weighted by molar-refractivity contribution is 9.11. The normalized spacial score (nSPS) is 11.2. The number of hydrogen-bond acceptors (Lipinski definition) is 4. The lowest BCUT2D eigenvalue weighted by molar-refractivity contribution is 0.103. The van der Waals surface area contributed by atoms with E-state index in [9.17, 15) is 4.79 Å². The van der Waals surface area contributed by atoms with Crippen LogP contribution in [-0.4, -0.2) is 10.9 Å². The first kappa shape index (κ1) is 17.4. The molecule has 0 bridgehead atoms. The molecule has 24 heavy (non-hydrogen) atoms. The van der Waals surface area contributed by atoms with Gasteiger partial charge in [-0.15, -0.1) is 11.3 Å². The lowest BCUT2D eigenvalue weighted by Crippen LogP contribution is -2.12. The summed E-state index contributed by atoms with van der Waals surface area (Å²) in [5, 5.41) is 3.71. The van der Waals surface area contributed by atoms with Gasteiger partial charge in [0, 0.05) is 20.0 Å². The van der Waals surface area contributed by atoms with Crippen molar-refractivity contribution < 1.29 is 4.79 Å². The van der Waals surface area contributed by atoms with Crippen LogP contribution in [0.1, 0.15) is 35.1 Å². The molecule has 124 valence electrons. The Morgan fingerprint density at radius 1 is 1.25 bits per heavy atom. The second-order valence-electron chi connectivity index (χ2n) is 5.67. The molecule has 0 radical (unpaired) electrons. The van der Waals surface area contributed by atoms with Crippen molar-refractivity contribution in [2.45, 2.75) is 19.8 Å². The van der Waals surface area contributed by atoms with Crippen LogP contribution in [0, 0.1) is 0 Å². The van der Waals surface area contributed by atoms with E-state index in [0.29, 0.717) is 22.2 Å². The number of carbonyl (C=O) groups excluding carboxylic acids is 1. The Kier molecular flexibility index (Phi) is 4.94. The Labute approximate surface area is 160 Å². The Balaban J connectivity index is 1.96. The van der Waals surface area contributed by atoms with Crippen LogP contribution in [0.2, 0.25) is 0 Å². The smallest absolute Gasteiger partial charge is 0.267 e. The van der Waals surface area contributed by atoms with Gasteiger partial charge in [-0.3, -0.25) is 4.79 Å². The van der Waals surface area contributed by atoms with E-state index in [0.717, 1.165) is 24.9 Å². The molecule has 0 spiro atoms. The van der Waals surface area contributed by atoms with Gasteiger partial charge in [-0.1, -0.05) is 29.8 Å². The number of halogens is 2. The number of nitrogen functional groups attached to an aromatic ring is 1. The summed E-state index contributed by atoms with van der Waals surface area (Å²) in [5.74, 6) is 0.0957. The first-order valence-corrected chi connectivity index (χ1v) is 9.72. The molecule has 4 nitrogen and oxygen atoms in total. The van der Waals surface area contributed by atoms with Crippen molar-refractivity contribution in [2.75, 3.05) is 11.1 Å². The minimum absolute atomic E-state index is 0.232. The number of thiophene rings is 1. The number of nitrogens with zero attached hydrogens (tertiary/aromatic N) is 1. The van der Waals surface area contributed by atoms with Crippen molar-refractivity contribution in [3.05, 3.63) is 49.8 Å². The third-order valence-corrected chi connectivity index (χ3v) is 5.86. The van der Waals surface area contributed by atoms with E-state index in [-0.39, 0.29) is 5.91 Å². The number of pyridine rings is 1. The molecule has 3 N–H and O–H groups in total. The summed E-state index contributed by atoms with van der Waals surface area (Å²) >= 11 is 8.15. The minimum atomic E-state index is -0.232. The fourth-order valence-electron chi connectivity index (χ4n) is 2.27. The Hall–Kier alpha value is -1.44. The van der Waals surface area contributed by atoms with E-state index < -0.39 is 0 Å². The molecular weight excluding hydrogens is 454 g/mol. The first-order valence-electron chi connectivity index (χ1n) is 7.32. The summed E-state index contributed by atoms with van der Waals surface area (Å²) in [4.78, 5) is 18.5. The van der Waals surface area contributed by atoms with Crippen LogP contribution in [0.3, 0.4) is 0 Å². The van der Waals surface area contributed by atoms with Crippen LogP contribution in [-0.2, 0) is 0 Å². The molecule has 0 atom stereocenters. The van der Waals surface area contributed by atoms with Crippen molar-refractivity contribution in [3.8, 4) is 0 Å². The molecule has 7 heteroatoms. The number of nitrogens with one attached hydrogen (secondary N) is 1. The largest absolute Gasteiger partial charge is 0.397 e. The van der Waals surface area contributed by atoms with E-state index in [4.69, 9.17) is 5.73 Å². The van der Waals surface area contributed by atoms with Crippen molar-refractivity contribution in [1.82, 2.24) is 4.98 Å². The van der Waals surface area contributed by atoms with Crippen LogP contribution in [0.25, 0.3) is 10.2 Å². The fourth-order valence-corrected chi connectivity index (χ4v) is 4.41. The molecule has 0 aliphatic carbocycles. The molecule has 0 saturated carbocycles. The molecule has 2 aromatic heterocycles. The summed E-state index contributed by atoms with van der Waals surface area (Å²) < 4.78 is 1.73. The molecular formula is C17H15Br2N3OS. The van der Waals surface area contributed by atoms with E-state index in [1.165, 1.54) is 11.3 Å². The molecule has 1 amide bonds. The van der Waals surface area contributed by atoms with Gasteiger partial charge in [0.15, 0.2) is 0 Å². The highest BCUT2D eigenvalue weighted by Crippen LogP contribution is 2.34. The molecule has 0 unspecified atom stereocenters. The first-order chi connectivity index (χ1) is 11.4. The third kappa shape index (κ3) is 3.34. The van der Waals surface area contributed by atoms with Crippen LogP contribution in [0.5, 0.6) is 0 Å². The Morgan fingerprint density at radius 3 is 2.67 bits per heavy atom. The number of benzene rings is 1. The average Bonchev–Trinajstić information content (AvgIpc) is 2.86. The zero-order valence-electron chi connectivity index (χ0n) is 13.1. The second-order valence-corrected chi connectivity index (χ2v) is 8.44. The van der Waals surface area contributed by atoms with Crippen molar-refractivity contribution in [1.29, 1.82) is 0 Å². The van der Waals surface area contributed by atoms with Gasteiger partial charge in [-0.25, -0.2) is 4.98 Å². The topological polar surface area (TPSA) is 68.0 Å². The monoisotopic (exact) mass is 467 g/mol. The number of anilines is 2. The van der Waals surface area contributed by atoms with Gasteiger partial charge in [0.25, 0.3) is 5.91 Å². The van der Waals surface area contributed by atoms with Crippen LogP contribution in [0.4, 0.5) is 11.4 Å². The highest BCUT2D eigenvalue weighted by Gasteiger charge is 2.19. The van der Waals surface area contributed by atoms with Crippen LogP contribution in [0.15, 0.2) is 39.3 Å². The molecule has 3 aromatic rings. The van der Waals surface area contributed by atoms with Gasteiger partial charge < -0.3 is 11.1 Å². The summed E-state index contributed by atoms with van der Waals surface area (Å²) in [6.45, 7) is 4.17. The predicted molar refractivity (Wildman–Crippen MR) is 108 cm³/mol. The van der Waals surface area contributed by atoms with Gasteiger partial charge in [0.05, 0.1) is 11.4 Å². The average molecular weight is 469 g/mol. The van der Waals surface area contributed by atoms with Crippen molar-refractivity contribution in [3.63, 3.8) is 0 Å². The van der Waals surface area contributed by atoms with Gasteiger partial charge in [-0.05, 0) is 52.2 Å². The summed E-state index contributed by atoms with van der Waals surface area (Å²) in [5.41, 5.74) is 8.33. The SMILES string of the molecule is CC(C)c1ccc2c(N)c(C(=O)Nc3ccc(Br)cc3Br)sc2n1. The van der Waals surface area contributed by atoms with E-state index in [2.05, 4.69) is 56.0 Å². The Morgan fingerprint density at radius 2 is 2.00 bits per heavy atom. The molecule has 0 fully saturated rings. The summed E-state index contributed by atoms with van der Waals surface area (Å²) in [7, 11) is 0. The van der Waals surface area contributed by atoms with Crippen molar-refractivity contribution >= 4 is 70.7 Å². The van der Waals surface area contributed by atoms with Gasteiger partial charge >= 0.3 is 0 Å². The number of nitrogens with two attached hydrogens (primary N) is 1. The third-order valence-electron chi connectivity index (χ3n) is 3.59. The minimum Gasteiger partial charge on any atom is -0.397 e. The zero-order valence-corrected chi connectivity index (χ0v) is 17.0. The van der Waals surface area contributed by atoms with Crippen LogP contribution < -0.4 is 11.1 Å². The van der Waals surface area contributed by atoms with Crippen LogP contribution >= 0.6 is 43.2 Å². The quantitative estimate of drug-likeness (QED) is 0.511. The molecule has 3 rings (SSSR count). The number of hydrogen-bond donors (Lipinski definition) is 2. The molecule has 0 saturated heterocycles. The maximum atomic E-state index is 12.6. The lowest BCUT2D eigenvalue weighted by atomic mass is 10.1. The second kappa shape index (κ2) is 6.82. The predicted octanol–water partition coefficient (Wildman–Crippen LogP) is 5.78. The number of aromatic nitrogens is 1. The number of fused-ring (bicyclic) bond motifs is 1. The fraction of sp³-hybridized carbons (Fsp3) is 0.176. The number of amides is 1. The van der Waals surface area contributed by atoms with Gasteiger partial charge in [-0.2, -0.15) is 0 Å². The Bertz CT molecular complexity index is 937. The van der Waals surface area contributed by atoms with E-state index in [1.54, 1.807) is 0 Å². The molecule has 2 heterocycles. The number of rotatable bonds is 3. The van der Waals surface area contributed by atoms with Crippen molar-refractivity contribution in [2.24, 2.45) is 0 Å². The summed E-state index contributed by atoms with van der Waals surface area (Å²) in [6.07, 6.45) is 0. The molecule has 0 aliphatic rings. The molecule has 1 aromatic carbocycles. The van der Waals surface area contributed by atoms with Gasteiger partial charge in [0.2, 0.25) is 0 Å². The lowest BCUT2D eigenvalue weighted by Gasteiger charge is -2.07. The molecule has 0 aliphatic heterocycles. The van der Waals surface area contributed by atoms with Gasteiger partial charge in [0.1, 0.15) is 9.71 Å². The zero-order chi connectivity index (χ0) is 17.4. The number of carbonyl (C=O) groups is 1. The van der Waals surface area contributed by atoms with E-state index in [1.807, 2.05) is 30.3 Å². The maximum Gasteiger partial charge on any atom is 0.267 e. The van der Waals surface area contributed by atoms with E-state index >= 15 is 0 Å². The highest BCUT2D eigenvalue weighted by atomic mass is 79.9. The summed E-state index contributed by atoms with van der Waals surface area (Å²) in [6, 6.07) is 9.47. The standard InChI is InChI=1S/C17H15Br2N3OS/c1-8(2)12-6-4-10-14(20)15(24-17(10)22-12)16(23)21-13-5-3-9(18)7-11(13)19/h3-8H,20H2,1-2H3,(H,21,23).